The van der Waals surface area contributed by atoms with Crippen LogP contribution in [0.25, 0.3) is 0 Å². The number of fused-ring (bicyclic) bond motifs is 5. The smallest absolute Gasteiger partial charge is 0.339 e. The highest BCUT2D eigenvalue weighted by molar-refractivity contribution is 6.34. The zero-order chi connectivity index (χ0) is 23.4. The van der Waals surface area contributed by atoms with Gasteiger partial charge in [-0.1, -0.05) is 17.7 Å². The maximum absolute atomic E-state index is 13.5. The van der Waals surface area contributed by atoms with E-state index in [4.69, 9.17) is 25.8 Å². The van der Waals surface area contributed by atoms with Gasteiger partial charge in [0.25, 0.3) is 6.29 Å². The van der Waals surface area contributed by atoms with Crippen LogP contribution in [-0.2, 0) is 38.1 Å². The first-order chi connectivity index (χ1) is 15.1. The molecular weight excluding hydrogens is 446 g/mol. The van der Waals surface area contributed by atoms with E-state index in [2.05, 4.69) is 4.74 Å². The molecule has 1 aromatic rings. The standard InChI is InChI=1S/C21H18ClNO9/c1-9(24)30-20(31-10(2)25)21-7-6-14(32-21)15-16(21)18(27)23(17(15)26)11-4-5-13(22)12(8-11)19(28)29-3/h4-8,14-16,20H,1-3H3/t14-,15+,16+,21-/m1/s1. The molecule has 0 spiro atoms. The molecule has 0 N–H and O–H groups in total. The fourth-order valence-electron chi connectivity index (χ4n) is 4.39. The molecule has 168 valence electrons. The molecular formula is C21H18ClNO9. The molecule has 2 fully saturated rings. The van der Waals surface area contributed by atoms with Gasteiger partial charge in [0.2, 0.25) is 11.8 Å². The molecule has 32 heavy (non-hydrogen) atoms. The number of amides is 2. The second-order valence-electron chi connectivity index (χ2n) is 7.52. The molecule has 10 nitrogen and oxygen atoms in total. The molecule has 0 radical (unpaired) electrons. The van der Waals surface area contributed by atoms with Crippen molar-refractivity contribution in [2.24, 2.45) is 11.8 Å². The number of hydrogen-bond acceptors (Lipinski definition) is 9. The summed E-state index contributed by atoms with van der Waals surface area (Å²) >= 11 is 6.05. The topological polar surface area (TPSA) is 126 Å². The molecule has 4 rings (SSSR count). The first-order valence-electron chi connectivity index (χ1n) is 9.58. The van der Waals surface area contributed by atoms with Crippen molar-refractivity contribution >= 4 is 47.0 Å². The fourth-order valence-corrected chi connectivity index (χ4v) is 4.58. The lowest BCUT2D eigenvalue weighted by Crippen LogP contribution is -2.52. The minimum Gasteiger partial charge on any atom is -0.465 e. The van der Waals surface area contributed by atoms with Gasteiger partial charge in [0.05, 0.1) is 41.3 Å². The van der Waals surface area contributed by atoms with Gasteiger partial charge in [0.1, 0.15) is 0 Å². The Balaban J connectivity index is 1.75. The summed E-state index contributed by atoms with van der Waals surface area (Å²) in [4.78, 5) is 62.9. The van der Waals surface area contributed by atoms with Crippen molar-refractivity contribution in [3.63, 3.8) is 0 Å². The highest BCUT2D eigenvalue weighted by Crippen LogP contribution is 2.54. The summed E-state index contributed by atoms with van der Waals surface area (Å²) < 4.78 is 20.9. The molecule has 2 amide bonds. The molecule has 0 unspecified atom stereocenters. The van der Waals surface area contributed by atoms with Crippen LogP contribution in [0.1, 0.15) is 24.2 Å². The Hall–Kier alpha value is -3.24. The largest absolute Gasteiger partial charge is 0.465 e. The Bertz CT molecular complexity index is 1070. The number of imide groups is 1. The van der Waals surface area contributed by atoms with E-state index in [-0.39, 0.29) is 16.3 Å². The van der Waals surface area contributed by atoms with Crippen molar-refractivity contribution < 1.29 is 42.9 Å². The number of nitrogens with zero attached hydrogens (tertiary/aromatic N) is 1. The zero-order valence-corrected chi connectivity index (χ0v) is 18.0. The van der Waals surface area contributed by atoms with Crippen LogP contribution in [0, 0.1) is 11.8 Å². The van der Waals surface area contributed by atoms with Crippen molar-refractivity contribution in [1.82, 2.24) is 0 Å². The third-order valence-corrected chi connectivity index (χ3v) is 5.94. The van der Waals surface area contributed by atoms with Crippen LogP contribution < -0.4 is 4.90 Å². The van der Waals surface area contributed by atoms with Crippen LogP contribution in [0.3, 0.4) is 0 Å². The number of halogens is 1. The Morgan fingerprint density at radius 2 is 1.78 bits per heavy atom. The number of anilines is 1. The Morgan fingerprint density at radius 1 is 1.12 bits per heavy atom. The summed E-state index contributed by atoms with van der Waals surface area (Å²) in [7, 11) is 1.18. The third-order valence-electron chi connectivity index (χ3n) is 5.61. The van der Waals surface area contributed by atoms with Crippen LogP contribution in [0.4, 0.5) is 5.69 Å². The number of methoxy groups -OCH3 is 1. The Morgan fingerprint density at radius 3 is 2.38 bits per heavy atom. The molecule has 2 saturated heterocycles. The zero-order valence-electron chi connectivity index (χ0n) is 17.2. The van der Waals surface area contributed by atoms with Gasteiger partial charge in [-0.05, 0) is 24.3 Å². The first-order valence-corrected chi connectivity index (χ1v) is 9.95. The van der Waals surface area contributed by atoms with E-state index < -0.39 is 59.6 Å². The van der Waals surface area contributed by atoms with E-state index in [1.54, 1.807) is 6.08 Å². The summed E-state index contributed by atoms with van der Waals surface area (Å²) in [6.07, 6.45) is 0.687. The molecule has 0 aromatic heterocycles. The summed E-state index contributed by atoms with van der Waals surface area (Å²) in [5.41, 5.74) is -1.56. The van der Waals surface area contributed by atoms with Gasteiger partial charge >= 0.3 is 17.9 Å². The van der Waals surface area contributed by atoms with E-state index in [1.165, 1.54) is 31.4 Å². The van der Waals surface area contributed by atoms with Crippen molar-refractivity contribution in [2.45, 2.75) is 31.8 Å². The van der Waals surface area contributed by atoms with E-state index in [9.17, 15) is 24.0 Å². The van der Waals surface area contributed by atoms with Crippen LogP contribution in [-0.4, -0.2) is 54.8 Å². The van der Waals surface area contributed by atoms with Crippen LogP contribution in [0.15, 0.2) is 30.4 Å². The fraction of sp³-hybridized carbons (Fsp3) is 0.381. The highest BCUT2D eigenvalue weighted by Gasteiger charge is 2.72. The van der Waals surface area contributed by atoms with Gasteiger partial charge in [0, 0.05) is 13.8 Å². The Kier molecular flexibility index (Phi) is 5.30. The minimum absolute atomic E-state index is 0.0194. The van der Waals surface area contributed by atoms with Gasteiger partial charge in [-0.3, -0.25) is 19.2 Å². The van der Waals surface area contributed by atoms with E-state index in [1.807, 2.05) is 0 Å². The van der Waals surface area contributed by atoms with Gasteiger partial charge < -0.3 is 18.9 Å². The van der Waals surface area contributed by atoms with Crippen molar-refractivity contribution in [2.75, 3.05) is 12.0 Å². The normalized spacial score (nSPS) is 27.7. The molecule has 2 bridgehead atoms. The summed E-state index contributed by atoms with van der Waals surface area (Å²) in [5, 5.41) is 0.0891. The predicted octanol–water partition coefficient (Wildman–Crippen LogP) is 1.39. The first kappa shape index (κ1) is 22.0. The number of benzene rings is 1. The van der Waals surface area contributed by atoms with Crippen molar-refractivity contribution in [3.8, 4) is 0 Å². The molecule has 3 aliphatic heterocycles. The monoisotopic (exact) mass is 463 g/mol. The lowest BCUT2D eigenvalue weighted by Gasteiger charge is -2.34. The molecule has 3 heterocycles. The number of rotatable bonds is 5. The van der Waals surface area contributed by atoms with Gasteiger partial charge in [-0.15, -0.1) is 0 Å². The number of hydrogen-bond donors (Lipinski definition) is 0. The molecule has 0 saturated carbocycles. The summed E-state index contributed by atoms with van der Waals surface area (Å²) in [6, 6.07) is 4.07. The number of esters is 3. The second kappa shape index (κ2) is 7.72. The third kappa shape index (κ3) is 3.18. The van der Waals surface area contributed by atoms with Crippen molar-refractivity contribution in [3.05, 3.63) is 40.9 Å². The maximum atomic E-state index is 13.5. The van der Waals surface area contributed by atoms with Gasteiger partial charge in [-0.2, -0.15) is 0 Å². The highest BCUT2D eigenvalue weighted by atomic mass is 35.5. The molecule has 4 atom stereocenters. The lowest BCUT2D eigenvalue weighted by molar-refractivity contribution is -0.226. The van der Waals surface area contributed by atoms with E-state index in [0.29, 0.717) is 0 Å². The average molecular weight is 464 g/mol. The van der Waals surface area contributed by atoms with Crippen LogP contribution in [0.5, 0.6) is 0 Å². The quantitative estimate of drug-likeness (QED) is 0.275. The van der Waals surface area contributed by atoms with Gasteiger partial charge in [-0.25, -0.2) is 9.69 Å². The van der Waals surface area contributed by atoms with Gasteiger partial charge in [0.15, 0.2) is 5.60 Å². The number of carbonyl (C=O) groups is 5. The lowest BCUT2D eigenvalue weighted by atomic mass is 9.76. The SMILES string of the molecule is COC(=O)c1cc(N2C(=O)[C@@H]3[C@@H](C2=O)[C@@]2(C(OC(C)=O)OC(C)=O)C=C[C@H]3O2)ccc1Cl. The minimum atomic E-state index is -1.66. The molecule has 3 aliphatic rings. The second-order valence-corrected chi connectivity index (χ2v) is 7.92. The van der Waals surface area contributed by atoms with E-state index in [0.717, 1.165) is 18.7 Å². The average Bonchev–Trinajstić information content (AvgIpc) is 3.38. The van der Waals surface area contributed by atoms with Crippen LogP contribution >= 0.6 is 11.6 Å². The number of ether oxygens (including phenoxy) is 4. The summed E-state index contributed by atoms with van der Waals surface area (Å²) in [5.74, 6) is -5.54. The predicted molar refractivity (Wildman–Crippen MR) is 106 cm³/mol. The maximum Gasteiger partial charge on any atom is 0.339 e. The van der Waals surface area contributed by atoms with E-state index >= 15 is 0 Å². The summed E-state index contributed by atoms with van der Waals surface area (Å²) in [6.45, 7) is 2.23. The molecule has 1 aromatic carbocycles. The molecule has 0 aliphatic carbocycles. The molecule has 11 heteroatoms. The number of carbonyl (C=O) groups excluding carboxylic acids is 5. The Labute approximate surface area is 187 Å². The van der Waals surface area contributed by atoms with Crippen LogP contribution in [0.2, 0.25) is 5.02 Å². The van der Waals surface area contributed by atoms with Crippen molar-refractivity contribution in [1.29, 1.82) is 0 Å².